The number of anilines is 1. The van der Waals surface area contributed by atoms with E-state index in [0.717, 1.165) is 13.7 Å². The summed E-state index contributed by atoms with van der Waals surface area (Å²) in [5, 5.41) is 2.93. The van der Waals surface area contributed by atoms with Gasteiger partial charge in [-0.3, -0.25) is 14.5 Å². The Kier molecular flexibility index (Phi) is 6.93. The summed E-state index contributed by atoms with van der Waals surface area (Å²) in [6, 6.07) is 15.1. The fourth-order valence-electron chi connectivity index (χ4n) is 2.53. The number of hydrogen-bond donors (Lipinski definition) is 1. The Hall–Kier alpha value is -1.39. The van der Waals surface area contributed by atoms with Crippen molar-refractivity contribution in [3.63, 3.8) is 0 Å². The number of carbonyl (C=O) groups excluding carboxylic acids is 2. The first kappa shape index (κ1) is 20.3. The maximum atomic E-state index is 12.7. The zero-order chi connectivity index (χ0) is 19.4. The second-order valence-electron chi connectivity index (χ2n) is 5.82. The molecule has 2 amide bonds. The topological polar surface area (TPSA) is 61.8 Å². The number of amidine groups is 1. The Balaban J connectivity index is 1.79. The summed E-state index contributed by atoms with van der Waals surface area (Å²) >= 11 is 6.93. The summed E-state index contributed by atoms with van der Waals surface area (Å²) in [6.45, 7) is 2.43. The van der Waals surface area contributed by atoms with Crippen LogP contribution < -0.4 is 5.32 Å². The zero-order valence-electron chi connectivity index (χ0n) is 14.5. The summed E-state index contributed by atoms with van der Waals surface area (Å²) in [6.07, 6.45) is 0.159. The molecule has 0 bridgehead atoms. The minimum Gasteiger partial charge on any atom is -0.325 e. The number of benzene rings is 2. The number of carbonyl (C=O) groups is 2. The largest absolute Gasteiger partial charge is 0.325 e. The highest BCUT2D eigenvalue weighted by Gasteiger charge is 2.35. The van der Waals surface area contributed by atoms with Crippen LogP contribution in [0.5, 0.6) is 0 Å². The molecule has 1 aliphatic heterocycles. The highest BCUT2D eigenvalue weighted by Crippen LogP contribution is 2.30. The van der Waals surface area contributed by atoms with E-state index in [1.54, 1.807) is 4.90 Å². The molecule has 1 N–H and O–H groups in total. The monoisotopic (exact) mass is 557 g/mol. The van der Waals surface area contributed by atoms with Gasteiger partial charge in [0.05, 0.1) is 5.69 Å². The number of halogens is 2. The first-order valence-corrected chi connectivity index (χ1v) is 11.1. The normalized spacial score (nSPS) is 18.6. The highest BCUT2D eigenvalue weighted by molar-refractivity contribution is 14.1. The van der Waals surface area contributed by atoms with Crippen LogP contribution in [-0.4, -0.2) is 33.7 Å². The Bertz CT molecular complexity index is 872. The summed E-state index contributed by atoms with van der Waals surface area (Å²) in [5.41, 5.74) is 1.46. The molecule has 0 aromatic heterocycles. The van der Waals surface area contributed by atoms with Gasteiger partial charge < -0.3 is 5.32 Å². The molecular formula is C19H17BrIN3O2S. The molecule has 0 spiro atoms. The number of nitrogens with one attached hydrogen (secondary N) is 1. The van der Waals surface area contributed by atoms with Crippen LogP contribution in [0.2, 0.25) is 0 Å². The van der Waals surface area contributed by atoms with E-state index in [4.69, 9.17) is 0 Å². The lowest BCUT2D eigenvalue weighted by Crippen LogP contribution is -2.45. The summed E-state index contributed by atoms with van der Waals surface area (Å²) < 4.78 is 2.05. The molecule has 1 fully saturated rings. The average Bonchev–Trinajstić information content (AvgIpc) is 2.65. The standard InChI is InChI=1S/C19H17BrIN3O2S/c1-2-24-17(25)11-16(18(26)22-14-7-3-12(20)4-8-14)27-19(24)23-15-9-5-13(21)6-10-15/h3-10,16H,2,11H2,1H3,(H,22,26). The number of thioether (sulfide) groups is 1. The highest BCUT2D eigenvalue weighted by atomic mass is 127. The van der Waals surface area contributed by atoms with Crippen molar-refractivity contribution in [1.82, 2.24) is 4.90 Å². The van der Waals surface area contributed by atoms with Gasteiger partial charge in [0, 0.05) is 26.7 Å². The van der Waals surface area contributed by atoms with Gasteiger partial charge in [-0.05, 0) is 78.0 Å². The van der Waals surface area contributed by atoms with Crippen molar-refractivity contribution in [2.75, 3.05) is 11.9 Å². The van der Waals surface area contributed by atoms with Crippen molar-refractivity contribution >= 4 is 78.6 Å². The van der Waals surface area contributed by atoms with Crippen LogP contribution in [0, 0.1) is 3.57 Å². The maximum Gasteiger partial charge on any atom is 0.238 e. The van der Waals surface area contributed by atoms with E-state index in [9.17, 15) is 9.59 Å². The van der Waals surface area contributed by atoms with Crippen LogP contribution >= 0.6 is 50.3 Å². The SMILES string of the molecule is CCN1C(=O)CC(C(=O)Nc2ccc(Br)cc2)SC1=Nc1ccc(I)cc1. The van der Waals surface area contributed by atoms with Crippen molar-refractivity contribution in [1.29, 1.82) is 0 Å². The number of amides is 2. The van der Waals surface area contributed by atoms with Crippen LogP contribution in [0.25, 0.3) is 0 Å². The van der Waals surface area contributed by atoms with Crippen LogP contribution in [0.4, 0.5) is 11.4 Å². The maximum absolute atomic E-state index is 12.7. The Morgan fingerprint density at radius 1 is 1.26 bits per heavy atom. The lowest BCUT2D eigenvalue weighted by molar-refractivity contribution is -0.129. The average molecular weight is 558 g/mol. The second kappa shape index (κ2) is 9.20. The molecule has 1 atom stereocenters. The van der Waals surface area contributed by atoms with Gasteiger partial charge in [0.25, 0.3) is 0 Å². The zero-order valence-corrected chi connectivity index (χ0v) is 19.0. The van der Waals surface area contributed by atoms with Gasteiger partial charge in [-0.2, -0.15) is 0 Å². The predicted molar refractivity (Wildman–Crippen MR) is 122 cm³/mol. The molecule has 5 nitrogen and oxygen atoms in total. The smallest absolute Gasteiger partial charge is 0.238 e. The van der Waals surface area contributed by atoms with Crippen molar-refractivity contribution in [2.24, 2.45) is 4.99 Å². The van der Waals surface area contributed by atoms with Crippen molar-refractivity contribution < 1.29 is 9.59 Å². The molecule has 3 rings (SSSR count). The molecule has 0 radical (unpaired) electrons. The summed E-state index contributed by atoms with van der Waals surface area (Å²) in [7, 11) is 0. The summed E-state index contributed by atoms with van der Waals surface area (Å²) in [5.74, 6) is -0.279. The van der Waals surface area contributed by atoms with E-state index in [1.807, 2.05) is 55.5 Å². The number of rotatable bonds is 4. The van der Waals surface area contributed by atoms with Crippen LogP contribution in [-0.2, 0) is 9.59 Å². The Labute approximate surface area is 184 Å². The third-order valence-corrected chi connectivity index (χ3v) is 6.35. The first-order chi connectivity index (χ1) is 13.0. The third kappa shape index (κ3) is 5.32. The van der Waals surface area contributed by atoms with E-state index < -0.39 is 5.25 Å². The molecular weight excluding hydrogens is 541 g/mol. The molecule has 1 unspecified atom stereocenters. The quantitative estimate of drug-likeness (QED) is 0.536. The van der Waals surface area contributed by atoms with E-state index in [2.05, 4.69) is 48.8 Å². The lowest BCUT2D eigenvalue weighted by atomic mass is 10.2. The first-order valence-electron chi connectivity index (χ1n) is 8.34. The third-order valence-electron chi connectivity index (χ3n) is 3.91. The van der Waals surface area contributed by atoms with E-state index in [-0.39, 0.29) is 18.2 Å². The Morgan fingerprint density at radius 3 is 2.56 bits per heavy atom. The fourth-order valence-corrected chi connectivity index (χ4v) is 4.32. The van der Waals surface area contributed by atoms with Crippen molar-refractivity contribution in [2.45, 2.75) is 18.6 Å². The lowest BCUT2D eigenvalue weighted by Gasteiger charge is -2.30. The second-order valence-corrected chi connectivity index (χ2v) is 9.15. The molecule has 2 aromatic carbocycles. The van der Waals surface area contributed by atoms with Gasteiger partial charge in [-0.25, -0.2) is 4.99 Å². The molecule has 2 aromatic rings. The minimum absolute atomic E-state index is 0.0866. The van der Waals surface area contributed by atoms with Gasteiger partial charge in [0.15, 0.2) is 5.17 Å². The Morgan fingerprint density at radius 2 is 1.93 bits per heavy atom. The fraction of sp³-hybridized carbons (Fsp3) is 0.211. The van der Waals surface area contributed by atoms with Crippen molar-refractivity contribution in [3.05, 3.63) is 56.6 Å². The van der Waals surface area contributed by atoms with Gasteiger partial charge >= 0.3 is 0 Å². The molecule has 0 aliphatic carbocycles. The van der Waals surface area contributed by atoms with E-state index in [0.29, 0.717) is 17.4 Å². The van der Waals surface area contributed by atoms with Gasteiger partial charge in [-0.15, -0.1) is 0 Å². The number of aliphatic imine (C=N–C) groups is 1. The van der Waals surface area contributed by atoms with Gasteiger partial charge in [0.2, 0.25) is 11.8 Å². The number of nitrogens with zero attached hydrogens (tertiary/aromatic N) is 2. The van der Waals surface area contributed by atoms with Gasteiger partial charge in [0.1, 0.15) is 5.25 Å². The molecule has 0 saturated carbocycles. The molecule has 1 saturated heterocycles. The molecule has 1 heterocycles. The summed E-state index contributed by atoms with van der Waals surface area (Å²) in [4.78, 5) is 31.4. The van der Waals surface area contributed by atoms with Crippen LogP contribution in [0.3, 0.4) is 0 Å². The van der Waals surface area contributed by atoms with E-state index in [1.165, 1.54) is 11.8 Å². The molecule has 8 heteroatoms. The van der Waals surface area contributed by atoms with Crippen molar-refractivity contribution in [3.8, 4) is 0 Å². The predicted octanol–water partition coefficient (Wildman–Crippen LogP) is 5.03. The molecule has 27 heavy (non-hydrogen) atoms. The number of hydrogen-bond acceptors (Lipinski definition) is 4. The van der Waals surface area contributed by atoms with Crippen LogP contribution in [0.15, 0.2) is 58.0 Å². The molecule has 140 valence electrons. The van der Waals surface area contributed by atoms with E-state index >= 15 is 0 Å². The molecule has 1 aliphatic rings. The minimum atomic E-state index is -0.508. The van der Waals surface area contributed by atoms with Crippen LogP contribution in [0.1, 0.15) is 13.3 Å². The van der Waals surface area contributed by atoms with Gasteiger partial charge in [-0.1, -0.05) is 27.7 Å².